The summed E-state index contributed by atoms with van der Waals surface area (Å²) in [5.74, 6) is -0.0452. The number of para-hydroxylation sites is 2. The van der Waals surface area contributed by atoms with Gasteiger partial charge in [0.1, 0.15) is 12.2 Å². The van der Waals surface area contributed by atoms with E-state index in [1.165, 1.54) is 10.9 Å². The second kappa shape index (κ2) is 7.47. The molecule has 0 fully saturated rings. The van der Waals surface area contributed by atoms with E-state index in [2.05, 4.69) is 50.5 Å². The minimum atomic E-state index is -0.0452. The highest BCUT2D eigenvalue weighted by Gasteiger charge is 2.09. The first kappa shape index (κ1) is 18.1. The van der Waals surface area contributed by atoms with Gasteiger partial charge in [0.05, 0.1) is 23.6 Å². The number of aromatic nitrogens is 6. The van der Waals surface area contributed by atoms with Gasteiger partial charge in [-0.25, -0.2) is 9.36 Å². The Balaban J connectivity index is 1.22. The number of aryl methyl sites for hydroxylation is 2. The van der Waals surface area contributed by atoms with E-state index in [1.807, 2.05) is 36.4 Å². The molecule has 1 N–H and O–H groups in total. The van der Waals surface area contributed by atoms with Gasteiger partial charge >= 0.3 is 0 Å². The molecule has 0 unspecified atom stereocenters. The molecule has 3 heterocycles. The fourth-order valence-corrected chi connectivity index (χ4v) is 3.73. The molecule has 1 amide bonds. The van der Waals surface area contributed by atoms with Crippen LogP contribution < -0.4 is 5.32 Å². The highest BCUT2D eigenvalue weighted by atomic mass is 16.1. The van der Waals surface area contributed by atoms with Crippen LogP contribution in [0, 0.1) is 6.92 Å². The average Bonchev–Trinajstić information content (AvgIpc) is 3.46. The smallest absolute Gasteiger partial charge is 0.226 e. The summed E-state index contributed by atoms with van der Waals surface area (Å²) in [6.45, 7) is 3.13. The molecule has 2 aromatic carbocycles. The maximum Gasteiger partial charge on any atom is 0.226 e. The van der Waals surface area contributed by atoms with Crippen LogP contribution in [0.15, 0.2) is 67.1 Å². The van der Waals surface area contributed by atoms with Crippen molar-refractivity contribution in [2.75, 3.05) is 5.32 Å². The lowest BCUT2D eigenvalue weighted by molar-refractivity contribution is -0.116. The minimum Gasteiger partial charge on any atom is -0.347 e. The zero-order valence-corrected chi connectivity index (χ0v) is 16.6. The van der Waals surface area contributed by atoms with E-state index in [1.54, 1.807) is 21.8 Å². The number of nitrogens with one attached hydrogen (secondary N) is 1. The fourth-order valence-electron chi connectivity index (χ4n) is 3.73. The molecule has 0 saturated carbocycles. The molecule has 0 spiro atoms. The first-order chi connectivity index (χ1) is 14.7. The van der Waals surface area contributed by atoms with Crippen LogP contribution in [0.1, 0.15) is 12.0 Å². The van der Waals surface area contributed by atoms with Gasteiger partial charge in [-0.2, -0.15) is 5.10 Å². The highest BCUT2D eigenvalue weighted by Crippen LogP contribution is 2.20. The summed E-state index contributed by atoms with van der Waals surface area (Å²) in [5.41, 5.74) is 4.81. The Bertz CT molecular complexity index is 1340. The summed E-state index contributed by atoms with van der Waals surface area (Å²) >= 11 is 0. The predicted octanol–water partition coefficient (Wildman–Crippen LogP) is 3.43. The third-order valence-corrected chi connectivity index (χ3v) is 5.18. The van der Waals surface area contributed by atoms with Crippen molar-refractivity contribution < 1.29 is 4.79 Å². The van der Waals surface area contributed by atoms with Gasteiger partial charge in [-0.15, -0.1) is 5.10 Å². The van der Waals surface area contributed by atoms with E-state index in [9.17, 15) is 4.79 Å². The maximum absolute atomic E-state index is 12.4. The molecular weight excluding hydrogens is 378 g/mol. The average molecular weight is 399 g/mol. The Kier molecular flexibility index (Phi) is 4.51. The Morgan fingerprint density at radius 3 is 2.73 bits per heavy atom. The number of anilines is 1. The summed E-state index contributed by atoms with van der Waals surface area (Å²) in [4.78, 5) is 12.4. The SMILES string of the molecule is Cc1cn(CCC(=O)Nc2cnn(Cn3nnc4ccccc43)c2)c2ccccc12. The van der Waals surface area contributed by atoms with Crippen LogP contribution in [-0.2, 0) is 18.0 Å². The normalized spacial score (nSPS) is 11.4. The van der Waals surface area contributed by atoms with Crippen LogP contribution >= 0.6 is 0 Å². The van der Waals surface area contributed by atoms with Crippen molar-refractivity contribution in [3.63, 3.8) is 0 Å². The molecule has 0 aliphatic heterocycles. The lowest BCUT2D eigenvalue weighted by atomic mass is 10.2. The van der Waals surface area contributed by atoms with E-state index < -0.39 is 0 Å². The van der Waals surface area contributed by atoms with Gasteiger partial charge in [-0.05, 0) is 30.7 Å². The van der Waals surface area contributed by atoms with Crippen molar-refractivity contribution in [1.82, 2.24) is 29.3 Å². The Labute approximate surface area is 172 Å². The van der Waals surface area contributed by atoms with E-state index in [4.69, 9.17) is 0 Å². The third-order valence-electron chi connectivity index (χ3n) is 5.18. The topological polar surface area (TPSA) is 82.6 Å². The van der Waals surface area contributed by atoms with Crippen molar-refractivity contribution >= 4 is 33.5 Å². The van der Waals surface area contributed by atoms with E-state index >= 15 is 0 Å². The first-order valence-corrected chi connectivity index (χ1v) is 9.82. The molecule has 0 aliphatic rings. The van der Waals surface area contributed by atoms with Gasteiger partial charge in [0, 0.05) is 30.1 Å². The number of carbonyl (C=O) groups excluding carboxylic acids is 1. The van der Waals surface area contributed by atoms with Crippen molar-refractivity contribution in [3.05, 3.63) is 72.7 Å². The Hall–Kier alpha value is -3.94. The number of nitrogens with zero attached hydrogens (tertiary/aromatic N) is 6. The molecule has 150 valence electrons. The summed E-state index contributed by atoms with van der Waals surface area (Å²) in [5, 5.41) is 16.8. The molecule has 0 saturated heterocycles. The molecule has 0 aliphatic carbocycles. The van der Waals surface area contributed by atoms with Crippen LogP contribution in [0.2, 0.25) is 0 Å². The third kappa shape index (κ3) is 3.43. The summed E-state index contributed by atoms with van der Waals surface area (Å²) in [6, 6.07) is 16.0. The quantitative estimate of drug-likeness (QED) is 0.474. The molecule has 0 bridgehead atoms. The van der Waals surface area contributed by atoms with Crippen molar-refractivity contribution in [1.29, 1.82) is 0 Å². The fraction of sp³-hybridized carbons (Fsp3) is 0.182. The standard InChI is InChI=1S/C22H21N7O/c1-16-13-27(20-8-4-2-6-18(16)20)11-10-22(30)24-17-12-23-28(14-17)15-29-21-9-5-3-7-19(21)25-26-29/h2-9,12-14H,10-11,15H2,1H3,(H,24,30). The maximum atomic E-state index is 12.4. The van der Waals surface area contributed by atoms with Gasteiger partial charge in [-0.1, -0.05) is 35.5 Å². The second-order valence-corrected chi connectivity index (χ2v) is 7.31. The molecule has 0 radical (unpaired) electrons. The number of benzene rings is 2. The lowest BCUT2D eigenvalue weighted by Gasteiger charge is -2.06. The van der Waals surface area contributed by atoms with E-state index in [0.717, 1.165) is 16.6 Å². The van der Waals surface area contributed by atoms with Crippen molar-refractivity contribution in [3.8, 4) is 0 Å². The first-order valence-electron chi connectivity index (χ1n) is 9.82. The van der Waals surface area contributed by atoms with Gasteiger partial charge in [0.25, 0.3) is 0 Å². The highest BCUT2D eigenvalue weighted by molar-refractivity contribution is 5.90. The zero-order valence-electron chi connectivity index (χ0n) is 16.6. The second-order valence-electron chi connectivity index (χ2n) is 7.31. The molecule has 5 rings (SSSR count). The Morgan fingerprint density at radius 1 is 1.03 bits per heavy atom. The molecular formula is C22H21N7O. The summed E-state index contributed by atoms with van der Waals surface area (Å²) < 4.78 is 5.62. The lowest BCUT2D eigenvalue weighted by Crippen LogP contribution is -2.14. The number of hydrogen-bond acceptors (Lipinski definition) is 4. The number of rotatable bonds is 6. The van der Waals surface area contributed by atoms with Gasteiger partial charge < -0.3 is 9.88 Å². The number of hydrogen-bond donors (Lipinski definition) is 1. The largest absolute Gasteiger partial charge is 0.347 e. The van der Waals surface area contributed by atoms with Crippen molar-refractivity contribution in [2.45, 2.75) is 26.6 Å². The zero-order chi connectivity index (χ0) is 20.5. The van der Waals surface area contributed by atoms with Gasteiger partial charge in [0.2, 0.25) is 5.91 Å². The predicted molar refractivity (Wildman–Crippen MR) is 115 cm³/mol. The number of fused-ring (bicyclic) bond motifs is 2. The van der Waals surface area contributed by atoms with Crippen LogP contribution in [0.5, 0.6) is 0 Å². The summed E-state index contributed by atoms with van der Waals surface area (Å²) in [6.07, 6.45) is 5.92. The van der Waals surface area contributed by atoms with Gasteiger partial charge in [-0.3, -0.25) is 4.79 Å². The Morgan fingerprint density at radius 2 is 1.83 bits per heavy atom. The molecule has 3 aromatic heterocycles. The van der Waals surface area contributed by atoms with Gasteiger partial charge in [0.15, 0.2) is 0 Å². The number of carbonyl (C=O) groups is 1. The van der Waals surface area contributed by atoms with Crippen LogP contribution in [-0.4, -0.2) is 35.2 Å². The van der Waals surface area contributed by atoms with Crippen LogP contribution in [0.3, 0.4) is 0 Å². The van der Waals surface area contributed by atoms with Crippen LogP contribution in [0.25, 0.3) is 21.9 Å². The molecule has 30 heavy (non-hydrogen) atoms. The number of amides is 1. The van der Waals surface area contributed by atoms with Crippen molar-refractivity contribution in [2.24, 2.45) is 0 Å². The molecule has 5 aromatic rings. The monoisotopic (exact) mass is 399 g/mol. The molecule has 8 nitrogen and oxygen atoms in total. The van der Waals surface area contributed by atoms with E-state index in [0.29, 0.717) is 25.3 Å². The minimum absolute atomic E-state index is 0.0452. The van der Waals surface area contributed by atoms with Crippen LogP contribution in [0.4, 0.5) is 5.69 Å². The summed E-state index contributed by atoms with van der Waals surface area (Å²) in [7, 11) is 0. The van der Waals surface area contributed by atoms with E-state index in [-0.39, 0.29) is 5.91 Å². The molecule has 8 heteroatoms. The molecule has 0 atom stereocenters.